The summed E-state index contributed by atoms with van der Waals surface area (Å²) in [7, 11) is 0. The summed E-state index contributed by atoms with van der Waals surface area (Å²) in [5.41, 5.74) is -0.919. The molecule has 4 nitrogen and oxygen atoms in total. The normalized spacial score (nSPS) is 37.0. The maximum atomic E-state index is 12.0. The minimum Gasteiger partial charge on any atom is -0.448 e. The first-order chi connectivity index (χ1) is 6.58. The van der Waals surface area contributed by atoms with Gasteiger partial charge in [0.2, 0.25) is 0 Å². The van der Waals surface area contributed by atoms with Crippen molar-refractivity contribution in [3.05, 3.63) is 0 Å². The molecule has 0 aromatic carbocycles. The van der Waals surface area contributed by atoms with E-state index in [0.29, 0.717) is 13.0 Å². The zero-order valence-corrected chi connectivity index (χ0v) is 8.58. The number of hydrogen-bond acceptors (Lipinski definition) is 3. The van der Waals surface area contributed by atoms with Crippen LogP contribution in [0.1, 0.15) is 33.1 Å². The standard InChI is InChI=1S/C10H15NO3/c1-3-10(2)9(13)11-6-4-5-7(11)8(12)14-10/h7H,3-6H2,1-2H3/t7-,10+/m1/s1. The van der Waals surface area contributed by atoms with Crippen molar-refractivity contribution in [2.24, 2.45) is 0 Å². The van der Waals surface area contributed by atoms with Gasteiger partial charge in [-0.25, -0.2) is 4.79 Å². The molecule has 14 heavy (non-hydrogen) atoms. The van der Waals surface area contributed by atoms with Gasteiger partial charge in [0.1, 0.15) is 6.04 Å². The summed E-state index contributed by atoms with van der Waals surface area (Å²) in [6.07, 6.45) is 2.20. The smallest absolute Gasteiger partial charge is 0.329 e. The molecular weight excluding hydrogens is 182 g/mol. The van der Waals surface area contributed by atoms with Crippen LogP contribution in [0.3, 0.4) is 0 Å². The van der Waals surface area contributed by atoms with Gasteiger partial charge >= 0.3 is 5.97 Å². The number of hydrogen-bond donors (Lipinski definition) is 0. The highest BCUT2D eigenvalue weighted by Gasteiger charge is 2.50. The van der Waals surface area contributed by atoms with Crippen LogP contribution < -0.4 is 0 Å². The van der Waals surface area contributed by atoms with Crippen LogP contribution in [0.4, 0.5) is 0 Å². The third-order valence-corrected chi connectivity index (χ3v) is 3.24. The zero-order chi connectivity index (χ0) is 10.3. The van der Waals surface area contributed by atoms with Crippen LogP contribution >= 0.6 is 0 Å². The fourth-order valence-corrected chi connectivity index (χ4v) is 2.12. The highest BCUT2D eigenvalue weighted by atomic mass is 16.6. The Balaban J connectivity index is 2.29. The first kappa shape index (κ1) is 9.49. The van der Waals surface area contributed by atoms with Gasteiger partial charge in [-0.1, -0.05) is 6.92 Å². The zero-order valence-electron chi connectivity index (χ0n) is 8.58. The molecule has 4 heteroatoms. The summed E-state index contributed by atoms with van der Waals surface area (Å²) in [5, 5.41) is 0. The van der Waals surface area contributed by atoms with Gasteiger partial charge in [0.15, 0.2) is 5.60 Å². The maximum Gasteiger partial charge on any atom is 0.329 e. The van der Waals surface area contributed by atoms with Crippen LogP contribution in [0.25, 0.3) is 0 Å². The Morgan fingerprint density at radius 1 is 1.57 bits per heavy atom. The molecule has 0 aromatic heterocycles. The Labute approximate surface area is 83.2 Å². The van der Waals surface area contributed by atoms with Gasteiger partial charge in [-0.3, -0.25) is 4.79 Å². The minimum atomic E-state index is -0.919. The summed E-state index contributed by atoms with van der Waals surface area (Å²) in [4.78, 5) is 25.2. The Kier molecular flexibility index (Phi) is 2.01. The van der Waals surface area contributed by atoms with Gasteiger partial charge in [0, 0.05) is 6.54 Å². The number of fused-ring (bicyclic) bond motifs is 1. The third-order valence-electron chi connectivity index (χ3n) is 3.24. The number of morpholine rings is 1. The van der Waals surface area contributed by atoms with Crippen molar-refractivity contribution in [3.63, 3.8) is 0 Å². The molecule has 0 unspecified atom stereocenters. The molecule has 2 atom stereocenters. The monoisotopic (exact) mass is 197 g/mol. The SMILES string of the molecule is CC[C@]1(C)OC(=O)[C@H]2CCCN2C1=O. The van der Waals surface area contributed by atoms with Gasteiger partial charge in [0.25, 0.3) is 5.91 Å². The van der Waals surface area contributed by atoms with E-state index in [1.165, 1.54) is 0 Å². The molecule has 0 bridgehead atoms. The predicted molar refractivity (Wildman–Crippen MR) is 49.5 cm³/mol. The Bertz CT molecular complexity index is 289. The molecule has 0 radical (unpaired) electrons. The first-order valence-corrected chi connectivity index (χ1v) is 5.12. The van der Waals surface area contributed by atoms with Crippen molar-refractivity contribution in [1.29, 1.82) is 0 Å². The number of rotatable bonds is 1. The molecule has 2 fully saturated rings. The van der Waals surface area contributed by atoms with Crippen LogP contribution in [0.15, 0.2) is 0 Å². The van der Waals surface area contributed by atoms with Gasteiger partial charge < -0.3 is 9.64 Å². The van der Waals surface area contributed by atoms with E-state index in [9.17, 15) is 9.59 Å². The Morgan fingerprint density at radius 2 is 2.29 bits per heavy atom. The lowest BCUT2D eigenvalue weighted by Crippen LogP contribution is -2.59. The van der Waals surface area contributed by atoms with Crippen LogP contribution in [-0.2, 0) is 14.3 Å². The van der Waals surface area contributed by atoms with Crippen molar-refractivity contribution in [3.8, 4) is 0 Å². The largest absolute Gasteiger partial charge is 0.448 e. The van der Waals surface area contributed by atoms with Crippen LogP contribution in [0.2, 0.25) is 0 Å². The average Bonchev–Trinajstić information content (AvgIpc) is 2.63. The van der Waals surface area contributed by atoms with Crippen LogP contribution in [0.5, 0.6) is 0 Å². The molecule has 0 aliphatic carbocycles. The number of amides is 1. The lowest BCUT2D eigenvalue weighted by atomic mass is 9.98. The van der Waals surface area contributed by atoms with Gasteiger partial charge in [0.05, 0.1) is 0 Å². The van der Waals surface area contributed by atoms with Crippen LogP contribution in [0, 0.1) is 0 Å². The second kappa shape index (κ2) is 2.97. The molecule has 2 rings (SSSR count). The minimum absolute atomic E-state index is 0.0258. The van der Waals surface area contributed by atoms with Crippen molar-refractivity contribution < 1.29 is 14.3 Å². The molecule has 2 heterocycles. The first-order valence-electron chi connectivity index (χ1n) is 5.12. The molecule has 0 aromatic rings. The number of cyclic esters (lactones) is 1. The lowest BCUT2D eigenvalue weighted by molar-refractivity contribution is -0.188. The van der Waals surface area contributed by atoms with Crippen molar-refractivity contribution in [2.75, 3.05) is 6.54 Å². The van der Waals surface area contributed by atoms with E-state index >= 15 is 0 Å². The summed E-state index contributed by atoms with van der Waals surface area (Å²) in [6, 6.07) is -0.304. The topological polar surface area (TPSA) is 46.6 Å². The van der Waals surface area contributed by atoms with E-state index < -0.39 is 5.60 Å². The van der Waals surface area contributed by atoms with Crippen LogP contribution in [-0.4, -0.2) is 35.0 Å². The molecule has 0 spiro atoms. The molecule has 78 valence electrons. The molecule has 2 aliphatic rings. The van der Waals surface area contributed by atoms with Gasteiger partial charge in [-0.05, 0) is 26.2 Å². The van der Waals surface area contributed by atoms with E-state index in [1.54, 1.807) is 11.8 Å². The third kappa shape index (κ3) is 1.13. The molecule has 2 saturated heterocycles. The maximum absolute atomic E-state index is 12.0. The molecular formula is C10H15NO3. The lowest BCUT2D eigenvalue weighted by Gasteiger charge is -2.39. The second-order valence-corrected chi connectivity index (χ2v) is 4.16. The van der Waals surface area contributed by atoms with E-state index in [2.05, 4.69) is 0 Å². The average molecular weight is 197 g/mol. The number of ether oxygens (including phenoxy) is 1. The summed E-state index contributed by atoms with van der Waals surface area (Å²) in [6.45, 7) is 4.26. The molecule has 0 saturated carbocycles. The summed E-state index contributed by atoms with van der Waals surface area (Å²) >= 11 is 0. The fourth-order valence-electron chi connectivity index (χ4n) is 2.12. The Hall–Kier alpha value is -1.06. The predicted octanol–water partition coefficient (Wildman–Crippen LogP) is 0.703. The highest BCUT2D eigenvalue weighted by molar-refractivity contribution is 5.95. The Morgan fingerprint density at radius 3 is 2.93 bits per heavy atom. The number of carbonyl (C=O) groups is 2. The highest BCUT2D eigenvalue weighted by Crippen LogP contribution is 2.31. The van der Waals surface area contributed by atoms with Crippen molar-refractivity contribution in [2.45, 2.75) is 44.8 Å². The van der Waals surface area contributed by atoms with E-state index in [1.807, 2.05) is 6.92 Å². The molecule has 0 N–H and O–H groups in total. The van der Waals surface area contributed by atoms with Crippen molar-refractivity contribution in [1.82, 2.24) is 4.90 Å². The fraction of sp³-hybridized carbons (Fsp3) is 0.800. The van der Waals surface area contributed by atoms with Gasteiger partial charge in [-0.15, -0.1) is 0 Å². The van der Waals surface area contributed by atoms with E-state index in [-0.39, 0.29) is 17.9 Å². The van der Waals surface area contributed by atoms with Crippen molar-refractivity contribution >= 4 is 11.9 Å². The molecule has 1 amide bonds. The quantitative estimate of drug-likeness (QED) is 0.581. The summed E-state index contributed by atoms with van der Waals surface area (Å²) < 4.78 is 5.22. The number of esters is 1. The second-order valence-electron chi connectivity index (χ2n) is 4.16. The van der Waals surface area contributed by atoms with E-state index in [0.717, 1.165) is 12.8 Å². The summed E-state index contributed by atoms with van der Waals surface area (Å²) in [5.74, 6) is -0.256. The number of nitrogens with zero attached hydrogens (tertiary/aromatic N) is 1. The molecule has 2 aliphatic heterocycles. The number of carbonyl (C=O) groups excluding carboxylic acids is 2. The van der Waals surface area contributed by atoms with Gasteiger partial charge in [-0.2, -0.15) is 0 Å². The van der Waals surface area contributed by atoms with E-state index in [4.69, 9.17) is 4.74 Å².